The number of piperidine rings is 1. The molecule has 1 aromatic rings. The summed E-state index contributed by atoms with van der Waals surface area (Å²) >= 11 is 3.44. The quantitative estimate of drug-likeness (QED) is 0.738. The van der Waals surface area contributed by atoms with Crippen LogP contribution in [0.4, 0.5) is 0 Å². The maximum atomic E-state index is 5.26. The predicted molar refractivity (Wildman–Crippen MR) is 79.9 cm³/mol. The van der Waals surface area contributed by atoms with E-state index in [2.05, 4.69) is 44.8 Å². The first-order chi connectivity index (χ1) is 9.31. The largest absolute Gasteiger partial charge is 0.378 e. The molecule has 19 heavy (non-hydrogen) atoms. The first-order valence-electron chi connectivity index (χ1n) is 6.90. The molecule has 2 fully saturated rings. The van der Waals surface area contributed by atoms with Crippen LogP contribution in [0.25, 0.3) is 0 Å². The van der Waals surface area contributed by atoms with E-state index >= 15 is 0 Å². The van der Waals surface area contributed by atoms with Gasteiger partial charge in [-0.05, 0) is 50.2 Å². The van der Waals surface area contributed by atoms with Gasteiger partial charge >= 0.3 is 0 Å². The Morgan fingerprint density at radius 1 is 1.11 bits per heavy atom. The molecule has 2 aliphatic rings. The zero-order valence-electron chi connectivity index (χ0n) is 10.9. The fourth-order valence-electron chi connectivity index (χ4n) is 2.56. The van der Waals surface area contributed by atoms with Crippen molar-refractivity contribution in [2.24, 2.45) is 5.92 Å². The highest BCUT2D eigenvalue weighted by molar-refractivity contribution is 9.10. The number of hydrogen-bond acceptors (Lipinski definition) is 2. The standard InChI is InChI=1S/C16H18BrNO/c17-15-5-3-13(4-6-15)1-2-14-7-9-18(10-8-14)16-11-19-12-16/h3-6,14,16H,7-12H2. The van der Waals surface area contributed by atoms with Gasteiger partial charge in [0.15, 0.2) is 0 Å². The molecule has 3 heteroatoms. The third-order valence-electron chi connectivity index (χ3n) is 3.93. The number of nitrogens with zero attached hydrogens (tertiary/aromatic N) is 1. The molecule has 0 unspecified atom stereocenters. The van der Waals surface area contributed by atoms with Crippen LogP contribution in [0.5, 0.6) is 0 Å². The zero-order chi connectivity index (χ0) is 13.1. The average molecular weight is 320 g/mol. The normalized spacial score (nSPS) is 21.5. The Morgan fingerprint density at radius 2 is 1.79 bits per heavy atom. The number of ether oxygens (including phenoxy) is 1. The summed E-state index contributed by atoms with van der Waals surface area (Å²) in [5, 5.41) is 0. The highest BCUT2D eigenvalue weighted by Crippen LogP contribution is 2.21. The Morgan fingerprint density at radius 3 is 2.37 bits per heavy atom. The van der Waals surface area contributed by atoms with Crippen LogP contribution in [-0.2, 0) is 4.74 Å². The van der Waals surface area contributed by atoms with E-state index in [4.69, 9.17) is 4.74 Å². The van der Waals surface area contributed by atoms with Crippen molar-refractivity contribution in [3.8, 4) is 11.8 Å². The summed E-state index contributed by atoms with van der Waals surface area (Å²) in [6.07, 6.45) is 2.39. The van der Waals surface area contributed by atoms with Gasteiger partial charge in [0.25, 0.3) is 0 Å². The first-order valence-corrected chi connectivity index (χ1v) is 7.69. The number of halogens is 1. The van der Waals surface area contributed by atoms with Crippen molar-refractivity contribution in [2.45, 2.75) is 18.9 Å². The van der Waals surface area contributed by atoms with Gasteiger partial charge < -0.3 is 4.74 Å². The molecular weight excluding hydrogens is 302 g/mol. The zero-order valence-corrected chi connectivity index (χ0v) is 12.5. The van der Waals surface area contributed by atoms with Crippen LogP contribution >= 0.6 is 15.9 Å². The molecule has 2 nitrogen and oxygen atoms in total. The molecule has 0 saturated carbocycles. The Kier molecular flexibility index (Phi) is 4.22. The smallest absolute Gasteiger partial charge is 0.0645 e. The van der Waals surface area contributed by atoms with Crippen LogP contribution < -0.4 is 0 Å². The Balaban J connectivity index is 1.53. The lowest BCUT2D eigenvalue weighted by molar-refractivity contribution is -0.0719. The molecule has 0 bridgehead atoms. The monoisotopic (exact) mass is 319 g/mol. The average Bonchev–Trinajstić information content (AvgIpc) is 2.38. The second-order valence-electron chi connectivity index (χ2n) is 5.28. The topological polar surface area (TPSA) is 12.5 Å². The van der Waals surface area contributed by atoms with E-state index in [9.17, 15) is 0 Å². The van der Waals surface area contributed by atoms with Gasteiger partial charge in [-0.2, -0.15) is 0 Å². The Hall–Kier alpha value is -0.820. The van der Waals surface area contributed by atoms with E-state index in [1.54, 1.807) is 0 Å². The van der Waals surface area contributed by atoms with E-state index in [1.807, 2.05) is 12.1 Å². The molecule has 0 aliphatic carbocycles. The summed E-state index contributed by atoms with van der Waals surface area (Å²) in [6, 6.07) is 8.91. The predicted octanol–water partition coefficient (Wildman–Crippen LogP) is 2.91. The van der Waals surface area contributed by atoms with Gasteiger partial charge in [-0.25, -0.2) is 0 Å². The summed E-state index contributed by atoms with van der Waals surface area (Å²) in [5.74, 6) is 7.29. The second kappa shape index (κ2) is 6.09. The van der Waals surface area contributed by atoms with Gasteiger partial charge in [-0.3, -0.25) is 4.90 Å². The van der Waals surface area contributed by atoms with Gasteiger partial charge in [-0.1, -0.05) is 27.8 Å². The van der Waals surface area contributed by atoms with Crippen molar-refractivity contribution in [1.29, 1.82) is 0 Å². The highest BCUT2D eigenvalue weighted by atomic mass is 79.9. The van der Waals surface area contributed by atoms with Crippen LogP contribution in [0.3, 0.4) is 0 Å². The summed E-state index contributed by atoms with van der Waals surface area (Å²) in [7, 11) is 0. The number of rotatable bonds is 1. The molecule has 0 spiro atoms. The van der Waals surface area contributed by atoms with Gasteiger partial charge in [0.05, 0.1) is 19.3 Å². The summed E-state index contributed by atoms with van der Waals surface area (Å²) in [5.41, 5.74) is 1.11. The highest BCUT2D eigenvalue weighted by Gasteiger charge is 2.28. The number of likely N-dealkylation sites (tertiary alicyclic amines) is 1. The lowest BCUT2D eigenvalue weighted by Crippen LogP contribution is -2.51. The van der Waals surface area contributed by atoms with Crippen molar-refractivity contribution in [2.75, 3.05) is 26.3 Å². The molecule has 1 aromatic carbocycles. The summed E-state index contributed by atoms with van der Waals surface area (Å²) in [6.45, 7) is 4.20. The van der Waals surface area contributed by atoms with Crippen LogP contribution in [0.1, 0.15) is 18.4 Å². The first kappa shape index (κ1) is 13.2. The van der Waals surface area contributed by atoms with Crippen molar-refractivity contribution in [3.05, 3.63) is 34.3 Å². The number of hydrogen-bond donors (Lipinski definition) is 0. The SMILES string of the molecule is Brc1ccc(C#CC2CCN(C3COC3)CC2)cc1. The minimum absolute atomic E-state index is 0.556. The molecule has 0 atom stereocenters. The molecule has 0 amide bonds. The Labute approximate surface area is 123 Å². The molecule has 2 saturated heterocycles. The molecule has 0 radical (unpaired) electrons. The Bertz CT molecular complexity index is 476. The van der Waals surface area contributed by atoms with E-state index in [-0.39, 0.29) is 0 Å². The van der Waals surface area contributed by atoms with Crippen LogP contribution in [-0.4, -0.2) is 37.2 Å². The molecule has 0 aromatic heterocycles. The minimum Gasteiger partial charge on any atom is -0.378 e. The molecule has 2 aliphatic heterocycles. The van der Waals surface area contributed by atoms with Crippen LogP contribution in [0.15, 0.2) is 28.7 Å². The number of benzene rings is 1. The maximum Gasteiger partial charge on any atom is 0.0645 e. The molecule has 3 rings (SSSR count). The fourth-order valence-corrected chi connectivity index (χ4v) is 2.83. The van der Waals surface area contributed by atoms with Crippen LogP contribution in [0, 0.1) is 17.8 Å². The van der Waals surface area contributed by atoms with E-state index in [0.717, 1.165) is 23.2 Å². The maximum absolute atomic E-state index is 5.26. The third kappa shape index (κ3) is 3.39. The lowest BCUT2D eigenvalue weighted by atomic mass is 9.95. The van der Waals surface area contributed by atoms with E-state index in [0.29, 0.717) is 12.0 Å². The van der Waals surface area contributed by atoms with Gasteiger partial charge in [0.2, 0.25) is 0 Å². The third-order valence-corrected chi connectivity index (χ3v) is 4.46. The minimum atomic E-state index is 0.556. The van der Waals surface area contributed by atoms with E-state index in [1.165, 1.54) is 25.9 Å². The van der Waals surface area contributed by atoms with Gasteiger partial charge in [0, 0.05) is 16.0 Å². The van der Waals surface area contributed by atoms with Gasteiger partial charge in [-0.15, -0.1) is 0 Å². The van der Waals surface area contributed by atoms with Crippen molar-refractivity contribution in [3.63, 3.8) is 0 Å². The van der Waals surface area contributed by atoms with Crippen LogP contribution in [0.2, 0.25) is 0 Å². The second-order valence-corrected chi connectivity index (χ2v) is 6.19. The molecule has 0 N–H and O–H groups in total. The molecular formula is C16H18BrNO. The van der Waals surface area contributed by atoms with Crippen molar-refractivity contribution in [1.82, 2.24) is 4.90 Å². The van der Waals surface area contributed by atoms with Crippen molar-refractivity contribution >= 4 is 15.9 Å². The van der Waals surface area contributed by atoms with Gasteiger partial charge in [0.1, 0.15) is 0 Å². The molecule has 100 valence electrons. The molecule has 2 heterocycles. The summed E-state index contributed by atoms with van der Waals surface area (Å²) < 4.78 is 6.36. The lowest BCUT2D eigenvalue weighted by Gasteiger charge is -2.40. The fraction of sp³-hybridized carbons (Fsp3) is 0.500. The summed E-state index contributed by atoms with van der Waals surface area (Å²) in [4.78, 5) is 2.56. The van der Waals surface area contributed by atoms with E-state index < -0.39 is 0 Å². The van der Waals surface area contributed by atoms with Crippen molar-refractivity contribution < 1.29 is 4.74 Å².